The maximum absolute atomic E-state index is 10.3. The largest absolute Gasteiger partial charge is 0.481 e. The van der Waals surface area contributed by atoms with Crippen molar-refractivity contribution in [1.29, 1.82) is 0 Å². The van der Waals surface area contributed by atoms with Crippen molar-refractivity contribution in [2.75, 3.05) is 0 Å². The van der Waals surface area contributed by atoms with Gasteiger partial charge in [0.1, 0.15) is 6.42 Å². The lowest BCUT2D eigenvalue weighted by Crippen LogP contribution is -2.42. The monoisotopic (exact) mass is 412 g/mol. The second-order valence-electron chi connectivity index (χ2n) is 4.64. The van der Waals surface area contributed by atoms with Crippen LogP contribution in [0, 0.1) is 0 Å². The first-order valence-electron chi connectivity index (χ1n) is 6.57. The maximum atomic E-state index is 10.3. The van der Waals surface area contributed by atoms with Crippen LogP contribution in [0.1, 0.15) is 26.2 Å². The molecule has 0 aliphatic heterocycles. The van der Waals surface area contributed by atoms with E-state index in [1.807, 2.05) is 0 Å². The van der Waals surface area contributed by atoms with Crippen molar-refractivity contribution in [1.82, 2.24) is 0 Å². The molecule has 0 aromatic carbocycles. The SMILES string of the molecule is CC(=O)C(=O)O.O=C(O)CC(=O)C(=O)O.O=C(O)CC(O)(CC(=O)O)C(=O)O. The van der Waals surface area contributed by atoms with Crippen LogP contribution in [0.25, 0.3) is 0 Å². The second kappa shape index (κ2) is 13.3. The van der Waals surface area contributed by atoms with Crippen LogP contribution in [0.5, 0.6) is 0 Å². The van der Waals surface area contributed by atoms with Crippen molar-refractivity contribution in [3.8, 4) is 0 Å². The topological polar surface area (TPSA) is 278 Å². The number of carbonyl (C=O) groups is 8. The molecule has 158 valence electrons. The van der Waals surface area contributed by atoms with E-state index >= 15 is 0 Å². The molecule has 0 spiro atoms. The third kappa shape index (κ3) is 17.0. The van der Waals surface area contributed by atoms with Crippen LogP contribution in [0.3, 0.4) is 0 Å². The minimum Gasteiger partial charge on any atom is -0.481 e. The Labute approximate surface area is 154 Å². The van der Waals surface area contributed by atoms with E-state index < -0.39 is 72.2 Å². The van der Waals surface area contributed by atoms with Gasteiger partial charge in [0.15, 0.2) is 5.60 Å². The lowest BCUT2D eigenvalue weighted by molar-refractivity contribution is -0.170. The molecule has 0 atom stereocenters. The van der Waals surface area contributed by atoms with E-state index in [0.717, 1.165) is 6.92 Å². The number of rotatable bonds is 9. The Morgan fingerprint density at radius 2 is 0.964 bits per heavy atom. The molecule has 28 heavy (non-hydrogen) atoms. The van der Waals surface area contributed by atoms with Gasteiger partial charge in [-0.1, -0.05) is 0 Å². The Balaban J connectivity index is -0.000000362. The van der Waals surface area contributed by atoms with Gasteiger partial charge in [0, 0.05) is 6.92 Å². The highest BCUT2D eigenvalue weighted by molar-refractivity contribution is 6.35. The van der Waals surface area contributed by atoms with Gasteiger partial charge >= 0.3 is 35.8 Å². The van der Waals surface area contributed by atoms with Crippen LogP contribution < -0.4 is 0 Å². The number of carboxylic acid groups (broad SMARTS) is 6. The normalized spacial score (nSPS) is 9.36. The summed E-state index contributed by atoms with van der Waals surface area (Å²) in [6.45, 7) is 1.00. The molecule has 0 rings (SSSR count). The number of ketones is 2. The van der Waals surface area contributed by atoms with Gasteiger partial charge in [-0.3, -0.25) is 24.0 Å². The fraction of sp³-hybridized carbons (Fsp3) is 0.385. The molecule has 15 nitrogen and oxygen atoms in total. The molecule has 15 heteroatoms. The van der Waals surface area contributed by atoms with Crippen molar-refractivity contribution in [2.24, 2.45) is 0 Å². The van der Waals surface area contributed by atoms with E-state index in [1.165, 1.54) is 0 Å². The maximum Gasteiger partial charge on any atom is 0.372 e. The van der Waals surface area contributed by atoms with Crippen molar-refractivity contribution in [3.05, 3.63) is 0 Å². The summed E-state index contributed by atoms with van der Waals surface area (Å²) in [5.41, 5.74) is -2.74. The number of carboxylic acids is 6. The van der Waals surface area contributed by atoms with E-state index in [1.54, 1.807) is 0 Å². The fourth-order valence-electron chi connectivity index (χ4n) is 0.927. The Kier molecular flexibility index (Phi) is 13.8. The Morgan fingerprint density at radius 1 is 0.643 bits per heavy atom. The van der Waals surface area contributed by atoms with Crippen molar-refractivity contribution >= 4 is 47.4 Å². The molecule has 0 saturated heterocycles. The van der Waals surface area contributed by atoms with Gasteiger partial charge in [0.2, 0.25) is 5.78 Å². The first-order valence-corrected chi connectivity index (χ1v) is 6.57. The second-order valence-corrected chi connectivity index (χ2v) is 4.64. The molecule has 0 radical (unpaired) electrons. The number of hydrogen-bond acceptors (Lipinski definition) is 9. The fourth-order valence-corrected chi connectivity index (χ4v) is 0.927. The van der Waals surface area contributed by atoms with Gasteiger partial charge in [0.05, 0.1) is 12.8 Å². The van der Waals surface area contributed by atoms with Gasteiger partial charge in [-0.05, 0) is 0 Å². The molecule has 0 heterocycles. The summed E-state index contributed by atoms with van der Waals surface area (Å²) in [7, 11) is 0. The van der Waals surface area contributed by atoms with Crippen LogP contribution in [0.4, 0.5) is 0 Å². The first kappa shape index (κ1) is 28.9. The lowest BCUT2D eigenvalue weighted by atomic mass is 9.96. The number of aliphatic carboxylic acids is 6. The highest BCUT2D eigenvalue weighted by atomic mass is 16.4. The zero-order chi connectivity index (χ0) is 23.2. The lowest BCUT2D eigenvalue weighted by Gasteiger charge is -2.18. The molecule has 0 aromatic rings. The van der Waals surface area contributed by atoms with Gasteiger partial charge in [0.25, 0.3) is 5.78 Å². The number of aliphatic hydroxyl groups is 1. The smallest absolute Gasteiger partial charge is 0.372 e. The standard InChI is InChI=1S/C6H8O7.C4H4O5.C3H4O3/c7-3(8)1-6(13,5(11)12)2-4(9)10;5-2(4(8)9)1-3(6)7;1-2(4)3(5)6/h13H,1-2H2,(H,7,8)(H,9,10)(H,11,12);1H2,(H,6,7)(H,8,9);1H3,(H,5,6). The Morgan fingerprint density at radius 3 is 1.07 bits per heavy atom. The number of Topliss-reactive ketones (excluding diaryl/α,β-unsaturated/α-hetero) is 2. The molecule has 0 bridgehead atoms. The molecule has 0 aliphatic rings. The number of hydrogen-bond donors (Lipinski definition) is 7. The van der Waals surface area contributed by atoms with E-state index in [4.69, 9.17) is 35.7 Å². The van der Waals surface area contributed by atoms with Crippen LogP contribution >= 0.6 is 0 Å². The van der Waals surface area contributed by atoms with E-state index in [-0.39, 0.29) is 0 Å². The summed E-state index contributed by atoms with van der Waals surface area (Å²) in [5.74, 6) is -11.7. The van der Waals surface area contributed by atoms with Gasteiger partial charge in [-0.15, -0.1) is 0 Å². The summed E-state index contributed by atoms with van der Waals surface area (Å²) >= 11 is 0. The van der Waals surface area contributed by atoms with Gasteiger partial charge < -0.3 is 35.7 Å². The summed E-state index contributed by atoms with van der Waals surface area (Å²) in [6, 6.07) is 0. The van der Waals surface area contributed by atoms with Crippen LogP contribution in [0.15, 0.2) is 0 Å². The molecule has 7 N–H and O–H groups in total. The van der Waals surface area contributed by atoms with Gasteiger partial charge in [-0.25, -0.2) is 14.4 Å². The van der Waals surface area contributed by atoms with Crippen molar-refractivity contribution < 1.29 is 74.1 Å². The minimum absolute atomic E-state index is 0.824. The van der Waals surface area contributed by atoms with Crippen molar-refractivity contribution in [2.45, 2.75) is 31.8 Å². The third-order valence-electron chi connectivity index (χ3n) is 2.14. The van der Waals surface area contributed by atoms with E-state index in [9.17, 15) is 38.4 Å². The predicted molar refractivity (Wildman–Crippen MR) is 80.3 cm³/mol. The highest BCUT2D eigenvalue weighted by Gasteiger charge is 2.40. The van der Waals surface area contributed by atoms with E-state index in [2.05, 4.69) is 0 Å². The molecule has 0 unspecified atom stereocenters. The average molecular weight is 412 g/mol. The average Bonchev–Trinajstić information content (AvgIpc) is 2.45. The Bertz CT molecular complexity index is 631. The number of carbonyl (C=O) groups excluding carboxylic acids is 2. The summed E-state index contributed by atoms with van der Waals surface area (Å²) < 4.78 is 0. The molecule has 0 saturated carbocycles. The minimum atomic E-state index is -2.74. The first-order chi connectivity index (χ1) is 12.5. The molecule has 0 aliphatic carbocycles. The summed E-state index contributed by atoms with van der Waals surface area (Å²) in [6.07, 6.45) is -3.24. The Hall–Kier alpha value is -3.88. The molecular weight excluding hydrogens is 396 g/mol. The quantitative estimate of drug-likeness (QED) is 0.152. The van der Waals surface area contributed by atoms with Crippen molar-refractivity contribution in [3.63, 3.8) is 0 Å². The summed E-state index contributed by atoms with van der Waals surface area (Å²) in [5, 5.41) is 57.1. The van der Waals surface area contributed by atoms with E-state index in [0.29, 0.717) is 0 Å². The van der Waals surface area contributed by atoms with Gasteiger partial charge in [-0.2, -0.15) is 0 Å². The zero-order valence-electron chi connectivity index (χ0n) is 14.0. The summed E-state index contributed by atoms with van der Waals surface area (Å²) in [4.78, 5) is 78.6. The molecule has 0 amide bonds. The predicted octanol–water partition coefficient (Wildman–Crippen LogP) is -2.47. The third-order valence-corrected chi connectivity index (χ3v) is 2.14. The van der Waals surface area contributed by atoms with Crippen LogP contribution in [-0.2, 0) is 38.4 Å². The molecular formula is C13H16O15. The van der Waals surface area contributed by atoms with Crippen LogP contribution in [0.2, 0.25) is 0 Å². The molecule has 0 aromatic heterocycles. The highest BCUT2D eigenvalue weighted by Crippen LogP contribution is 2.15. The van der Waals surface area contributed by atoms with Crippen LogP contribution in [-0.4, -0.2) is 88.7 Å². The molecule has 0 fully saturated rings. The zero-order valence-corrected chi connectivity index (χ0v) is 14.0.